The summed E-state index contributed by atoms with van der Waals surface area (Å²) in [7, 11) is 0. The van der Waals surface area contributed by atoms with Gasteiger partial charge in [0, 0.05) is 5.56 Å². The number of hydrogen-bond acceptors (Lipinski definition) is 2. The van der Waals surface area contributed by atoms with Crippen molar-refractivity contribution in [1.29, 1.82) is 0 Å². The van der Waals surface area contributed by atoms with Crippen LogP contribution in [0.4, 0.5) is 0 Å². The first-order valence-electron chi connectivity index (χ1n) is 6.33. The normalized spacial score (nSPS) is 10.2. The molecule has 3 aromatic carbocycles. The molecule has 3 aromatic rings. The fourth-order valence-corrected chi connectivity index (χ4v) is 2.38. The van der Waals surface area contributed by atoms with Gasteiger partial charge < -0.3 is 5.11 Å². The molecule has 3 rings (SSSR count). The summed E-state index contributed by atoms with van der Waals surface area (Å²) in [6.45, 7) is 0. The van der Waals surface area contributed by atoms with Crippen LogP contribution in [0.2, 0.25) is 0 Å². The topological polar surface area (TPSA) is 37.3 Å². The third-order valence-corrected chi connectivity index (χ3v) is 3.32. The first kappa shape index (κ1) is 12.2. The molecule has 0 unspecified atom stereocenters. The van der Waals surface area contributed by atoms with Gasteiger partial charge in [0.25, 0.3) is 0 Å². The first-order valence-corrected chi connectivity index (χ1v) is 6.33. The quantitative estimate of drug-likeness (QED) is 0.711. The maximum atomic E-state index is 11.4. The van der Waals surface area contributed by atoms with Crippen LogP contribution in [0, 0.1) is 0 Å². The van der Waals surface area contributed by atoms with Crippen LogP contribution in [0.25, 0.3) is 16.3 Å². The van der Waals surface area contributed by atoms with Crippen molar-refractivity contribution in [3.05, 3.63) is 77.9 Å². The Kier molecular flexibility index (Phi) is 3.08. The highest BCUT2D eigenvalue weighted by Crippen LogP contribution is 2.34. The van der Waals surface area contributed by atoms with Crippen LogP contribution in [0.3, 0.4) is 0 Å². The second-order valence-electron chi connectivity index (χ2n) is 4.52. The van der Waals surface area contributed by atoms with Crippen LogP contribution in [0.15, 0.2) is 66.7 Å². The molecule has 0 saturated carbocycles. The van der Waals surface area contributed by atoms with Gasteiger partial charge in [-0.1, -0.05) is 60.7 Å². The highest BCUT2D eigenvalue weighted by molar-refractivity contribution is 6.07. The van der Waals surface area contributed by atoms with Gasteiger partial charge in [0.2, 0.25) is 0 Å². The van der Waals surface area contributed by atoms with Gasteiger partial charge in [-0.05, 0) is 22.4 Å². The smallest absolute Gasteiger partial charge is 0.133 e. The minimum atomic E-state index is 0.0888. The van der Waals surface area contributed by atoms with E-state index in [4.69, 9.17) is 0 Å². The number of phenolic OH excluding ortho intramolecular Hbond substituents is 1. The van der Waals surface area contributed by atoms with E-state index in [1.807, 2.05) is 66.6 Å². The zero-order chi connectivity index (χ0) is 13.9. The van der Waals surface area contributed by atoms with Gasteiger partial charge in [0.05, 0.1) is 5.57 Å². The fraction of sp³-hybridized carbons (Fsp3) is 0. The molecule has 1 N–H and O–H groups in total. The lowest BCUT2D eigenvalue weighted by atomic mass is 9.93. The summed E-state index contributed by atoms with van der Waals surface area (Å²) < 4.78 is 0. The summed E-state index contributed by atoms with van der Waals surface area (Å²) in [6.07, 6.45) is 0. The van der Waals surface area contributed by atoms with E-state index in [0.717, 1.165) is 16.3 Å². The third-order valence-electron chi connectivity index (χ3n) is 3.32. The second-order valence-corrected chi connectivity index (χ2v) is 4.52. The van der Waals surface area contributed by atoms with Crippen molar-refractivity contribution >= 4 is 22.3 Å². The number of benzene rings is 3. The summed E-state index contributed by atoms with van der Waals surface area (Å²) in [5.41, 5.74) is 1.65. The molecular weight excluding hydrogens is 248 g/mol. The average Bonchev–Trinajstić information content (AvgIpc) is 2.51. The molecule has 0 fully saturated rings. The van der Waals surface area contributed by atoms with Crippen molar-refractivity contribution in [2.45, 2.75) is 0 Å². The lowest BCUT2D eigenvalue weighted by Gasteiger charge is -2.10. The molecule has 0 amide bonds. The van der Waals surface area contributed by atoms with Crippen molar-refractivity contribution in [3.63, 3.8) is 0 Å². The molecule has 0 aliphatic heterocycles. The van der Waals surface area contributed by atoms with E-state index in [2.05, 4.69) is 0 Å². The Bertz CT molecular complexity index is 813. The number of phenols is 1. The number of aromatic hydroxyl groups is 1. The molecule has 2 heteroatoms. The maximum absolute atomic E-state index is 11.4. The number of fused-ring (bicyclic) bond motifs is 1. The highest BCUT2D eigenvalue weighted by atomic mass is 16.3. The molecule has 0 spiro atoms. The monoisotopic (exact) mass is 260 g/mol. The van der Waals surface area contributed by atoms with E-state index in [1.165, 1.54) is 0 Å². The van der Waals surface area contributed by atoms with E-state index in [-0.39, 0.29) is 5.75 Å². The molecule has 2 nitrogen and oxygen atoms in total. The van der Waals surface area contributed by atoms with E-state index >= 15 is 0 Å². The van der Waals surface area contributed by atoms with E-state index in [9.17, 15) is 9.90 Å². The number of rotatable bonds is 2. The Labute approximate surface area is 116 Å². The lowest BCUT2D eigenvalue weighted by Crippen LogP contribution is -1.91. The van der Waals surface area contributed by atoms with Crippen LogP contribution in [0.1, 0.15) is 11.1 Å². The van der Waals surface area contributed by atoms with Crippen molar-refractivity contribution in [3.8, 4) is 5.75 Å². The highest BCUT2D eigenvalue weighted by Gasteiger charge is 2.14. The SMILES string of the molecule is O=C=C(c1ccccc1)c1c(O)ccc2ccccc12. The molecule has 0 saturated heterocycles. The Hall–Kier alpha value is -2.83. The number of hydrogen-bond donors (Lipinski definition) is 1. The van der Waals surface area contributed by atoms with Gasteiger partial charge in [-0.3, -0.25) is 0 Å². The molecule has 96 valence electrons. The van der Waals surface area contributed by atoms with Crippen molar-refractivity contribution < 1.29 is 9.90 Å². The molecule has 0 aromatic heterocycles. The Morgan fingerprint density at radius 2 is 1.55 bits per heavy atom. The summed E-state index contributed by atoms with van der Waals surface area (Å²) in [5.74, 6) is 2.06. The van der Waals surface area contributed by atoms with Crippen LogP contribution in [0.5, 0.6) is 5.75 Å². The Morgan fingerprint density at radius 3 is 2.30 bits per heavy atom. The molecule has 0 radical (unpaired) electrons. The molecule has 0 atom stereocenters. The predicted octanol–water partition coefficient (Wildman–Crippen LogP) is 3.81. The maximum Gasteiger partial charge on any atom is 0.133 e. The van der Waals surface area contributed by atoms with Crippen molar-refractivity contribution in [2.75, 3.05) is 0 Å². The summed E-state index contributed by atoms with van der Waals surface area (Å²) in [4.78, 5) is 11.4. The summed E-state index contributed by atoms with van der Waals surface area (Å²) in [5, 5.41) is 12.0. The molecule has 0 aliphatic rings. The minimum absolute atomic E-state index is 0.0888. The molecule has 0 bridgehead atoms. The predicted molar refractivity (Wildman–Crippen MR) is 80.3 cm³/mol. The average molecular weight is 260 g/mol. The number of carbonyl (C=O) groups excluding carboxylic acids is 1. The third kappa shape index (κ3) is 1.99. The fourth-order valence-electron chi connectivity index (χ4n) is 2.38. The van der Waals surface area contributed by atoms with E-state index in [1.54, 1.807) is 6.07 Å². The molecule has 0 heterocycles. The second kappa shape index (κ2) is 5.04. The van der Waals surface area contributed by atoms with Gasteiger partial charge in [0.1, 0.15) is 11.7 Å². The van der Waals surface area contributed by atoms with Crippen LogP contribution in [-0.4, -0.2) is 11.0 Å². The Balaban J connectivity index is 2.34. The van der Waals surface area contributed by atoms with Gasteiger partial charge >= 0.3 is 0 Å². The largest absolute Gasteiger partial charge is 0.507 e. The zero-order valence-corrected chi connectivity index (χ0v) is 10.7. The van der Waals surface area contributed by atoms with Gasteiger partial charge in [-0.15, -0.1) is 0 Å². The standard InChI is InChI=1S/C18H12O2/c19-12-16(13-6-2-1-3-7-13)18-15-9-5-4-8-14(15)10-11-17(18)20/h1-11,20H. The minimum Gasteiger partial charge on any atom is -0.507 e. The van der Waals surface area contributed by atoms with Crippen molar-refractivity contribution in [1.82, 2.24) is 0 Å². The summed E-state index contributed by atoms with van der Waals surface area (Å²) >= 11 is 0. The molecule has 0 aliphatic carbocycles. The van der Waals surface area contributed by atoms with Crippen LogP contribution >= 0.6 is 0 Å². The van der Waals surface area contributed by atoms with Crippen molar-refractivity contribution in [2.24, 2.45) is 0 Å². The van der Waals surface area contributed by atoms with Gasteiger partial charge in [-0.25, -0.2) is 4.79 Å². The summed E-state index contributed by atoms with van der Waals surface area (Å²) in [6, 6.07) is 20.4. The van der Waals surface area contributed by atoms with Crippen LogP contribution < -0.4 is 0 Å². The first-order chi connectivity index (χ1) is 9.81. The molecular formula is C18H12O2. The Morgan fingerprint density at radius 1 is 0.850 bits per heavy atom. The van der Waals surface area contributed by atoms with E-state index in [0.29, 0.717) is 11.1 Å². The van der Waals surface area contributed by atoms with Gasteiger partial charge in [0.15, 0.2) is 0 Å². The van der Waals surface area contributed by atoms with Gasteiger partial charge in [-0.2, -0.15) is 0 Å². The van der Waals surface area contributed by atoms with Crippen LogP contribution in [-0.2, 0) is 4.79 Å². The molecule has 20 heavy (non-hydrogen) atoms. The lowest BCUT2D eigenvalue weighted by molar-refractivity contribution is 0.474. The van der Waals surface area contributed by atoms with E-state index < -0.39 is 0 Å². The zero-order valence-electron chi connectivity index (χ0n) is 10.7.